The number of hydrogen-bond acceptors (Lipinski definition) is 4. The van der Waals surface area contributed by atoms with Crippen molar-refractivity contribution in [3.8, 4) is 5.75 Å². The second kappa shape index (κ2) is 7.40. The van der Waals surface area contributed by atoms with E-state index in [4.69, 9.17) is 10.5 Å². The zero-order valence-corrected chi connectivity index (χ0v) is 14.1. The molecule has 3 aromatic rings. The molecule has 7 nitrogen and oxygen atoms in total. The number of hydrogen-bond donors (Lipinski definition) is 2. The summed E-state index contributed by atoms with van der Waals surface area (Å²) >= 11 is 0. The normalized spacial score (nSPS) is 12.4. The molecule has 0 saturated carbocycles. The molecule has 1 aromatic carbocycles. The third-order valence-corrected chi connectivity index (χ3v) is 4.11. The molecule has 1 atom stereocenters. The van der Waals surface area contributed by atoms with Crippen molar-refractivity contribution < 1.29 is 14.6 Å². The van der Waals surface area contributed by atoms with Gasteiger partial charge in [-0.1, -0.05) is 0 Å². The first-order valence-corrected chi connectivity index (χ1v) is 8.20. The van der Waals surface area contributed by atoms with Gasteiger partial charge in [0.05, 0.1) is 19.0 Å². The number of primary amides is 1. The number of amides is 1. The molecule has 25 heavy (non-hydrogen) atoms. The van der Waals surface area contributed by atoms with Gasteiger partial charge in [0.1, 0.15) is 11.4 Å². The van der Waals surface area contributed by atoms with E-state index < -0.39 is 12.0 Å². The Morgan fingerprint density at radius 2 is 2.24 bits per heavy atom. The van der Waals surface area contributed by atoms with E-state index in [1.807, 2.05) is 31.4 Å². The maximum atomic E-state index is 11.0. The number of carbonyl (C=O) groups excluding carboxylic acids is 1. The van der Waals surface area contributed by atoms with Crippen LogP contribution in [0.4, 0.5) is 0 Å². The van der Waals surface area contributed by atoms with Crippen LogP contribution >= 0.6 is 0 Å². The van der Waals surface area contributed by atoms with Gasteiger partial charge < -0.3 is 24.7 Å². The Morgan fingerprint density at radius 3 is 3.00 bits per heavy atom. The SMILES string of the molecule is Cn1ccc2cc(OCCC[C@H](O)Cn3cnc(C(N)=O)c3)ccc21. The number of fused-ring (bicyclic) bond motifs is 1. The third kappa shape index (κ3) is 4.19. The summed E-state index contributed by atoms with van der Waals surface area (Å²) in [6.45, 7) is 0.905. The highest BCUT2D eigenvalue weighted by molar-refractivity contribution is 5.90. The Morgan fingerprint density at radius 1 is 1.40 bits per heavy atom. The maximum absolute atomic E-state index is 11.0. The fraction of sp³-hybridized carbons (Fsp3) is 0.333. The third-order valence-electron chi connectivity index (χ3n) is 4.11. The van der Waals surface area contributed by atoms with E-state index in [9.17, 15) is 9.90 Å². The fourth-order valence-corrected chi connectivity index (χ4v) is 2.78. The van der Waals surface area contributed by atoms with Crippen LogP contribution in [0.3, 0.4) is 0 Å². The average molecular weight is 342 g/mol. The molecule has 0 unspecified atom stereocenters. The Labute approximate surface area is 145 Å². The highest BCUT2D eigenvalue weighted by Gasteiger charge is 2.09. The smallest absolute Gasteiger partial charge is 0.268 e. The number of aromatic nitrogens is 3. The lowest BCUT2D eigenvalue weighted by atomic mass is 10.2. The molecular weight excluding hydrogens is 320 g/mol. The summed E-state index contributed by atoms with van der Waals surface area (Å²) in [6.07, 6.45) is 5.84. The van der Waals surface area contributed by atoms with Gasteiger partial charge in [0.2, 0.25) is 0 Å². The Bertz CT molecular complexity index is 868. The van der Waals surface area contributed by atoms with Gasteiger partial charge in [-0.2, -0.15) is 0 Å². The van der Waals surface area contributed by atoms with Crippen LogP contribution in [0.1, 0.15) is 23.3 Å². The van der Waals surface area contributed by atoms with Crippen LogP contribution in [-0.4, -0.2) is 37.8 Å². The molecule has 0 radical (unpaired) electrons. The maximum Gasteiger partial charge on any atom is 0.268 e. The average Bonchev–Trinajstić information content (AvgIpc) is 3.19. The summed E-state index contributed by atoms with van der Waals surface area (Å²) < 4.78 is 9.49. The molecule has 0 aliphatic heterocycles. The summed E-state index contributed by atoms with van der Waals surface area (Å²) in [6, 6.07) is 8.06. The van der Waals surface area contributed by atoms with Gasteiger partial charge in [0.25, 0.3) is 5.91 Å². The lowest BCUT2D eigenvalue weighted by Gasteiger charge is -2.12. The fourth-order valence-electron chi connectivity index (χ4n) is 2.78. The zero-order chi connectivity index (χ0) is 17.8. The highest BCUT2D eigenvalue weighted by atomic mass is 16.5. The van der Waals surface area contributed by atoms with E-state index in [1.165, 1.54) is 18.0 Å². The summed E-state index contributed by atoms with van der Waals surface area (Å²) in [7, 11) is 2.01. The van der Waals surface area contributed by atoms with Crippen molar-refractivity contribution in [2.75, 3.05) is 6.61 Å². The predicted molar refractivity (Wildman–Crippen MR) is 94.4 cm³/mol. The van der Waals surface area contributed by atoms with Crippen molar-refractivity contribution in [3.05, 3.63) is 48.7 Å². The molecule has 0 spiro atoms. The molecule has 2 aromatic heterocycles. The minimum Gasteiger partial charge on any atom is -0.494 e. The number of benzene rings is 1. The van der Waals surface area contributed by atoms with Crippen LogP contribution in [-0.2, 0) is 13.6 Å². The topological polar surface area (TPSA) is 95.3 Å². The number of rotatable bonds is 8. The lowest BCUT2D eigenvalue weighted by Crippen LogP contribution is -2.16. The Hall–Kier alpha value is -2.80. The second-order valence-corrected chi connectivity index (χ2v) is 6.11. The molecular formula is C18H22N4O3. The molecule has 0 fully saturated rings. The van der Waals surface area contributed by atoms with E-state index in [1.54, 1.807) is 4.57 Å². The molecule has 0 aliphatic rings. The monoisotopic (exact) mass is 342 g/mol. The molecule has 7 heteroatoms. The molecule has 2 heterocycles. The number of aryl methyl sites for hydroxylation is 1. The van der Waals surface area contributed by atoms with Crippen molar-refractivity contribution in [3.63, 3.8) is 0 Å². The number of ether oxygens (including phenoxy) is 1. The van der Waals surface area contributed by atoms with Crippen LogP contribution in [0, 0.1) is 0 Å². The molecule has 0 aliphatic carbocycles. The molecule has 1 amide bonds. The van der Waals surface area contributed by atoms with Gasteiger partial charge in [-0.05, 0) is 37.1 Å². The van der Waals surface area contributed by atoms with E-state index in [0.717, 1.165) is 17.6 Å². The first kappa shape index (κ1) is 17.0. The van der Waals surface area contributed by atoms with E-state index in [-0.39, 0.29) is 5.69 Å². The molecule has 0 bridgehead atoms. The van der Waals surface area contributed by atoms with Crippen LogP contribution < -0.4 is 10.5 Å². The summed E-state index contributed by atoms with van der Waals surface area (Å²) in [5, 5.41) is 11.2. The predicted octanol–water partition coefficient (Wildman–Crippen LogP) is 1.69. The second-order valence-electron chi connectivity index (χ2n) is 6.11. The van der Waals surface area contributed by atoms with Gasteiger partial charge >= 0.3 is 0 Å². The number of carbonyl (C=O) groups is 1. The van der Waals surface area contributed by atoms with Crippen molar-refractivity contribution in [2.45, 2.75) is 25.5 Å². The van der Waals surface area contributed by atoms with E-state index in [0.29, 0.717) is 19.6 Å². The van der Waals surface area contributed by atoms with Crippen LogP contribution in [0.2, 0.25) is 0 Å². The number of nitrogens with zero attached hydrogens (tertiary/aromatic N) is 3. The number of aliphatic hydroxyl groups is 1. The minimum atomic E-state index is -0.572. The minimum absolute atomic E-state index is 0.201. The number of imidazole rings is 1. The van der Waals surface area contributed by atoms with E-state index >= 15 is 0 Å². The number of nitrogens with two attached hydrogens (primary N) is 1. The van der Waals surface area contributed by atoms with Gasteiger partial charge in [-0.15, -0.1) is 0 Å². The largest absolute Gasteiger partial charge is 0.494 e. The molecule has 3 N–H and O–H groups in total. The molecule has 0 saturated heterocycles. The lowest BCUT2D eigenvalue weighted by molar-refractivity contribution is 0.0995. The van der Waals surface area contributed by atoms with Crippen molar-refractivity contribution in [1.82, 2.24) is 14.1 Å². The summed E-state index contributed by atoms with van der Waals surface area (Å²) in [5.41, 5.74) is 6.52. The van der Waals surface area contributed by atoms with Crippen LogP contribution in [0.15, 0.2) is 43.0 Å². The van der Waals surface area contributed by atoms with Crippen LogP contribution in [0.5, 0.6) is 5.75 Å². The van der Waals surface area contributed by atoms with Gasteiger partial charge in [0.15, 0.2) is 0 Å². The van der Waals surface area contributed by atoms with E-state index in [2.05, 4.69) is 15.6 Å². The molecule has 132 valence electrons. The molecule has 3 rings (SSSR count). The quantitative estimate of drug-likeness (QED) is 0.609. The highest BCUT2D eigenvalue weighted by Crippen LogP contribution is 2.21. The summed E-state index contributed by atoms with van der Waals surface area (Å²) in [4.78, 5) is 14.9. The van der Waals surface area contributed by atoms with Crippen molar-refractivity contribution >= 4 is 16.8 Å². The zero-order valence-electron chi connectivity index (χ0n) is 14.1. The first-order chi connectivity index (χ1) is 12.0. The summed E-state index contributed by atoms with van der Waals surface area (Å²) in [5.74, 6) is 0.255. The van der Waals surface area contributed by atoms with Gasteiger partial charge in [-0.25, -0.2) is 4.98 Å². The standard InChI is InChI=1S/C18H22N4O3/c1-21-7-6-13-9-15(4-5-17(13)21)25-8-2-3-14(23)10-22-11-16(18(19)24)20-12-22/h4-7,9,11-12,14,23H,2-3,8,10H2,1H3,(H2,19,24)/t14-/m0/s1. The Kier molecular flexibility index (Phi) is 5.04. The Balaban J connectivity index is 1.43. The van der Waals surface area contributed by atoms with Gasteiger partial charge in [-0.3, -0.25) is 4.79 Å². The van der Waals surface area contributed by atoms with Crippen molar-refractivity contribution in [1.29, 1.82) is 0 Å². The van der Waals surface area contributed by atoms with Gasteiger partial charge in [0, 0.05) is 36.9 Å². The van der Waals surface area contributed by atoms with Crippen molar-refractivity contribution in [2.24, 2.45) is 12.8 Å². The first-order valence-electron chi connectivity index (χ1n) is 8.20. The van der Waals surface area contributed by atoms with Crippen LogP contribution in [0.25, 0.3) is 10.9 Å². The number of aliphatic hydroxyl groups excluding tert-OH is 1.